The van der Waals surface area contributed by atoms with Crippen molar-refractivity contribution in [3.05, 3.63) is 22.8 Å². The van der Waals surface area contributed by atoms with E-state index in [-0.39, 0.29) is 11.9 Å². The number of halogens is 1. The van der Waals surface area contributed by atoms with Gasteiger partial charge in [-0.3, -0.25) is 4.79 Å². The third-order valence-corrected chi connectivity index (χ3v) is 3.91. The van der Waals surface area contributed by atoms with Crippen molar-refractivity contribution in [1.82, 2.24) is 10.3 Å². The summed E-state index contributed by atoms with van der Waals surface area (Å²) in [4.78, 5) is 16.6. The van der Waals surface area contributed by atoms with Gasteiger partial charge in [-0.1, -0.05) is 37.3 Å². The Labute approximate surface area is 125 Å². The Balaban J connectivity index is 2.05. The quantitative estimate of drug-likeness (QED) is 0.834. The number of carbonyl (C=O) groups is 1. The highest BCUT2D eigenvalue weighted by Gasteiger charge is 2.18. The van der Waals surface area contributed by atoms with Crippen molar-refractivity contribution >= 4 is 23.3 Å². The first kappa shape index (κ1) is 15.1. The largest absolute Gasteiger partial charge is 0.370 e. The van der Waals surface area contributed by atoms with Crippen molar-refractivity contribution in [2.45, 2.75) is 51.5 Å². The van der Waals surface area contributed by atoms with Crippen LogP contribution in [0, 0.1) is 0 Å². The molecule has 0 aliphatic heterocycles. The summed E-state index contributed by atoms with van der Waals surface area (Å²) in [6.45, 7) is 2.75. The van der Waals surface area contributed by atoms with Crippen molar-refractivity contribution in [3.8, 4) is 0 Å². The zero-order chi connectivity index (χ0) is 14.4. The van der Waals surface area contributed by atoms with E-state index in [1.54, 1.807) is 12.1 Å². The SMILES string of the molecule is CCNc1ccc(Cl)c(C(=O)NC2CCCCCC2)n1. The predicted molar refractivity (Wildman–Crippen MR) is 82.4 cm³/mol. The highest BCUT2D eigenvalue weighted by Crippen LogP contribution is 2.20. The molecule has 0 saturated heterocycles. The molecule has 1 aliphatic carbocycles. The third-order valence-electron chi connectivity index (χ3n) is 3.61. The second-order valence-electron chi connectivity index (χ2n) is 5.22. The van der Waals surface area contributed by atoms with Gasteiger partial charge in [0.15, 0.2) is 0 Å². The Bertz CT molecular complexity index is 456. The molecule has 0 unspecified atom stereocenters. The molecule has 2 rings (SSSR count). The Morgan fingerprint density at radius 2 is 2.00 bits per heavy atom. The maximum Gasteiger partial charge on any atom is 0.271 e. The van der Waals surface area contributed by atoms with Gasteiger partial charge in [0.1, 0.15) is 11.5 Å². The Morgan fingerprint density at radius 3 is 2.65 bits per heavy atom. The molecule has 20 heavy (non-hydrogen) atoms. The maximum absolute atomic E-state index is 12.3. The molecule has 2 N–H and O–H groups in total. The summed E-state index contributed by atoms with van der Waals surface area (Å²) in [5.74, 6) is 0.518. The second-order valence-corrected chi connectivity index (χ2v) is 5.63. The molecule has 1 fully saturated rings. The minimum atomic E-state index is -0.165. The lowest BCUT2D eigenvalue weighted by Gasteiger charge is -2.16. The van der Waals surface area contributed by atoms with Gasteiger partial charge in [-0.2, -0.15) is 0 Å². The number of aromatic nitrogens is 1. The fourth-order valence-corrected chi connectivity index (χ4v) is 2.75. The van der Waals surface area contributed by atoms with E-state index in [2.05, 4.69) is 15.6 Å². The Morgan fingerprint density at radius 1 is 1.30 bits per heavy atom. The van der Waals surface area contributed by atoms with Crippen LogP contribution in [0.5, 0.6) is 0 Å². The van der Waals surface area contributed by atoms with Gasteiger partial charge in [0.2, 0.25) is 0 Å². The topological polar surface area (TPSA) is 54.0 Å². The zero-order valence-electron chi connectivity index (χ0n) is 11.9. The molecule has 0 spiro atoms. The minimum absolute atomic E-state index is 0.165. The molecular weight excluding hydrogens is 274 g/mol. The fourth-order valence-electron chi connectivity index (χ4n) is 2.56. The van der Waals surface area contributed by atoms with E-state index in [1.807, 2.05) is 6.92 Å². The average Bonchev–Trinajstić information content (AvgIpc) is 2.70. The highest BCUT2D eigenvalue weighted by molar-refractivity contribution is 6.33. The first-order chi connectivity index (χ1) is 9.70. The molecule has 0 aromatic carbocycles. The normalized spacial score (nSPS) is 16.5. The van der Waals surface area contributed by atoms with Crippen LogP contribution in [0.3, 0.4) is 0 Å². The van der Waals surface area contributed by atoms with Crippen molar-refractivity contribution in [3.63, 3.8) is 0 Å². The van der Waals surface area contributed by atoms with Gasteiger partial charge in [-0.25, -0.2) is 4.98 Å². The van der Waals surface area contributed by atoms with E-state index >= 15 is 0 Å². The van der Waals surface area contributed by atoms with E-state index in [1.165, 1.54) is 25.7 Å². The van der Waals surface area contributed by atoms with Crippen molar-refractivity contribution in [1.29, 1.82) is 0 Å². The second kappa shape index (κ2) is 7.48. The first-order valence-corrected chi connectivity index (χ1v) is 7.79. The van der Waals surface area contributed by atoms with Gasteiger partial charge in [-0.05, 0) is 31.9 Å². The maximum atomic E-state index is 12.3. The lowest BCUT2D eigenvalue weighted by Crippen LogP contribution is -2.35. The standard InChI is InChI=1S/C15H22ClN3O/c1-2-17-13-10-9-12(16)14(19-13)15(20)18-11-7-5-3-4-6-8-11/h9-11H,2-8H2,1H3,(H,17,19)(H,18,20). The van der Waals surface area contributed by atoms with Gasteiger partial charge >= 0.3 is 0 Å². The van der Waals surface area contributed by atoms with E-state index in [0.717, 1.165) is 19.4 Å². The molecule has 0 radical (unpaired) electrons. The van der Waals surface area contributed by atoms with Crippen molar-refractivity contribution < 1.29 is 4.79 Å². The summed E-state index contributed by atoms with van der Waals surface area (Å²) in [6.07, 6.45) is 7.00. The van der Waals surface area contributed by atoms with Crippen LogP contribution in [0.25, 0.3) is 0 Å². The molecule has 1 saturated carbocycles. The summed E-state index contributed by atoms with van der Waals surface area (Å²) in [5, 5.41) is 6.57. The summed E-state index contributed by atoms with van der Waals surface area (Å²) >= 11 is 6.09. The fraction of sp³-hybridized carbons (Fsp3) is 0.600. The molecule has 1 heterocycles. The number of nitrogens with one attached hydrogen (secondary N) is 2. The summed E-state index contributed by atoms with van der Waals surface area (Å²) in [5.41, 5.74) is 0.314. The van der Waals surface area contributed by atoms with Crippen LogP contribution in [0.4, 0.5) is 5.82 Å². The summed E-state index contributed by atoms with van der Waals surface area (Å²) in [7, 11) is 0. The number of nitrogens with zero attached hydrogens (tertiary/aromatic N) is 1. The molecule has 110 valence electrons. The number of rotatable bonds is 4. The number of pyridine rings is 1. The van der Waals surface area contributed by atoms with Gasteiger partial charge in [-0.15, -0.1) is 0 Å². The van der Waals surface area contributed by atoms with Crippen LogP contribution in [0.1, 0.15) is 55.9 Å². The number of amides is 1. The monoisotopic (exact) mass is 295 g/mol. The zero-order valence-corrected chi connectivity index (χ0v) is 12.7. The van der Waals surface area contributed by atoms with Crippen LogP contribution in [-0.4, -0.2) is 23.5 Å². The summed E-state index contributed by atoms with van der Waals surface area (Å²) in [6, 6.07) is 3.76. The van der Waals surface area contributed by atoms with Gasteiger partial charge in [0, 0.05) is 12.6 Å². The van der Waals surface area contributed by atoms with Crippen LogP contribution < -0.4 is 10.6 Å². The number of anilines is 1. The molecule has 1 aromatic heterocycles. The van der Waals surface area contributed by atoms with Gasteiger partial charge < -0.3 is 10.6 Å². The molecule has 0 atom stereocenters. The Kier molecular flexibility index (Phi) is 5.65. The average molecular weight is 296 g/mol. The lowest BCUT2D eigenvalue weighted by molar-refractivity contribution is 0.0928. The number of hydrogen-bond donors (Lipinski definition) is 2. The van der Waals surface area contributed by atoms with Crippen LogP contribution in [0.2, 0.25) is 5.02 Å². The molecule has 1 aromatic rings. The molecular formula is C15H22ClN3O. The highest BCUT2D eigenvalue weighted by atomic mass is 35.5. The van der Waals surface area contributed by atoms with Crippen molar-refractivity contribution in [2.24, 2.45) is 0 Å². The van der Waals surface area contributed by atoms with E-state index in [0.29, 0.717) is 16.5 Å². The first-order valence-electron chi connectivity index (χ1n) is 7.42. The molecule has 1 amide bonds. The Hall–Kier alpha value is -1.29. The van der Waals surface area contributed by atoms with E-state index in [9.17, 15) is 4.79 Å². The molecule has 1 aliphatic rings. The molecule has 0 bridgehead atoms. The smallest absolute Gasteiger partial charge is 0.271 e. The van der Waals surface area contributed by atoms with Crippen molar-refractivity contribution in [2.75, 3.05) is 11.9 Å². The molecule has 5 heteroatoms. The van der Waals surface area contributed by atoms with Gasteiger partial charge in [0.05, 0.1) is 5.02 Å². The van der Waals surface area contributed by atoms with Crippen LogP contribution in [0.15, 0.2) is 12.1 Å². The van der Waals surface area contributed by atoms with E-state index in [4.69, 9.17) is 11.6 Å². The van der Waals surface area contributed by atoms with Gasteiger partial charge in [0.25, 0.3) is 5.91 Å². The number of carbonyl (C=O) groups excluding carboxylic acids is 1. The predicted octanol–water partition coefficient (Wildman–Crippen LogP) is 3.62. The third kappa shape index (κ3) is 4.10. The minimum Gasteiger partial charge on any atom is -0.370 e. The van der Waals surface area contributed by atoms with Crippen LogP contribution in [-0.2, 0) is 0 Å². The van der Waals surface area contributed by atoms with E-state index < -0.39 is 0 Å². The lowest BCUT2D eigenvalue weighted by atomic mass is 10.1. The van der Waals surface area contributed by atoms with Crippen LogP contribution >= 0.6 is 11.6 Å². The molecule has 4 nitrogen and oxygen atoms in total. The number of hydrogen-bond acceptors (Lipinski definition) is 3. The summed E-state index contributed by atoms with van der Waals surface area (Å²) < 4.78 is 0.